The van der Waals surface area contributed by atoms with Gasteiger partial charge in [-0.1, -0.05) is 0 Å². The monoisotopic (exact) mass is 320 g/mol. The Morgan fingerprint density at radius 2 is 1.91 bits per heavy atom. The Bertz CT molecular complexity index is 636. The fraction of sp³-hybridized carbons (Fsp3) is 0.706. The second-order valence-corrected chi connectivity index (χ2v) is 9.37. The quantitative estimate of drug-likeness (QED) is 0.856. The average Bonchev–Trinajstić information content (AvgIpc) is 3.22. The topological polar surface area (TPSA) is 50.3 Å². The molecular weight excluding hydrogens is 296 g/mol. The van der Waals surface area contributed by atoms with Gasteiger partial charge in [0, 0.05) is 25.0 Å². The van der Waals surface area contributed by atoms with E-state index in [1.54, 1.807) is 16.7 Å². The van der Waals surface area contributed by atoms with Crippen molar-refractivity contribution in [3.8, 4) is 0 Å². The van der Waals surface area contributed by atoms with Gasteiger partial charge < -0.3 is 0 Å². The molecule has 1 aromatic rings. The van der Waals surface area contributed by atoms with Gasteiger partial charge in [-0.25, -0.2) is 8.42 Å². The fourth-order valence-electron chi connectivity index (χ4n) is 4.98. The number of pyridine rings is 1. The van der Waals surface area contributed by atoms with Gasteiger partial charge in [0.25, 0.3) is 0 Å². The summed E-state index contributed by atoms with van der Waals surface area (Å²) in [4.78, 5) is 4.05. The zero-order valence-electron chi connectivity index (χ0n) is 12.9. The smallest absolute Gasteiger partial charge is 0.215 e. The van der Waals surface area contributed by atoms with E-state index in [-0.39, 0.29) is 11.5 Å². The third-order valence-corrected chi connectivity index (χ3v) is 8.16. The molecule has 2 bridgehead atoms. The Morgan fingerprint density at radius 3 is 2.55 bits per heavy atom. The van der Waals surface area contributed by atoms with Crippen molar-refractivity contribution in [2.24, 2.45) is 11.3 Å². The first-order valence-electron chi connectivity index (χ1n) is 8.48. The van der Waals surface area contributed by atoms with Crippen LogP contribution in [-0.2, 0) is 10.0 Å². The van der Waals surface area contributed by atoms with Crippen molar-refractivity contribution in [2.75, 3.05) is 12.3 Å². The Kier molecular flexibility index (Phi) is 3.53. The van der Waals surface area contributed by atoms with Crippen molar-refractivity contribution >= 4 is 10.0 Å². The number of rotatable bonds is 4. The Labute approximate surface area is 133 Å². The van der Waals surface area contributed by atoms with Crippen molar-refractivity contribution in [3.63, 3.8) is 0 Å². The van der Waals surface area contributed by atoms with Crippen molar-refractivity contribution in [1.29, 1.82) is 0 Å². The van der Waals surface area contributed by atoms with Crippen LogP contribution in [0.25, 0.3) is 0 Å². The summed E-state index contributed by atoms with van der Waals surface area (Å²) in [6.45, 7) is 0.675. The summed E-state index contributed by atoms with van der Waals surface area (Å²) in [7, 11) is -3.17. The average molecular weight is 320 g/mol. The van der Waals surface area contributed by atoms with Gasteiger partial charge in [-0.05, 0) is 74.0 Å². The number of aromatic nitrogens is 1. The summed E-state index contributed by atoms with van der Waals surface area (Å²) in [5.74, 6) is 1.17. The third-order valence-electron chi connectivity index (χ3n) is 6.03. The van der Waals surface area contributed by atoms with E-state index in [9.17, 15) is 8.42 Å². The molecule has 1 unspecified atom stereocenters. The molecule has 2 aliphatic carbocycles. The van der Waals surface area contributed by atoms with Crippen LogP contribution >= 0.6 is 0 Å². The molecule has 120 valence electrons. The van der Waals surface area contributed by atoms with Gasteiger partial charge >= 0.3 is 0 Å². The van der Waals surface area contributed by atoms with Gasteiger partial charge in [0.05, 0.1) is 5.75 Å². The second kappa shape index (κ2) is 5.31. The van der Waals surface area contributed by atoms with Gasteiger partial charge in [-0.2, -0.15) is 4.31 Å². The number of hydrogen-bond donors (Lipinski definition) is 0. The normalized spacial score (nSPS) is 35.3. The zero-order chi connectivity index (χ0) is 15.2. The lowest BCUT2D eigenvalue weighted by molar-refractivity contribution is 0.318. The molecule has 0 amide bonds. The SMILES string of the molecule is O=S(=O)(CC12CCC(CC1)C2)N1CCCC1c1ccncc1. The van der Waals surface area contributed by atoms with Crippen LogP contribution in [0.1, 0.15) is 56.6 Å². The van der Waals surface area contributed by atoms with E-state index in [1.165, 1.54) is 12.8 Å². The van der Waals surface area contributed by atoms with E-state index in [4.69, 9.17) is 0 Å². The lowest BCUT2D eigenvalue weighted by Crippen LogP contribution is -2.38. The highest BCUT2D eigenvalue weighted by atomic mass is 32.2. The maximum Gasteiger partial charge on any atom is 0.215 e. The molecule has 0 spiro atoms. The van der Waals surface area contributed by atoms with Crippen molar-refractivity contribution in [2.45, 2.75) is 51.0 Å². The summed E-state index contributed by atoms with van der Waals surface area (Å²) in [5, 5.41) is 0. The molecule has 3 fully saturated rings. The lowest BCUT2D eigenvalue weighted by Gasteiger charge is -2.31. The summed E-state index contributed by atoms with van der Waals surface area (Å²) in [5.41, 5.74) is 1.18. The van der Waals surface area contributed by atoms with Crippen LogP contribution in [0, 0.1) is 11.3 Å². The molecule has 1 aliphatic heterocycles. The van der Waals surface area contributed by atoms with Crippen molar-refractivity contribution < 1.29 is 8.42 Å². The van der Waals surface area contributed by atoms with Crippen molar-refractivity contribution in [3.05, 3.63) is 30.1 Å². The maximum atomic E-state index is 13.1. The third kappa shape index (κ3) is 2.48. The van der Waals surface area contributed by atoms with E-state index in [2.05, 4.69) is 4.98 Å². The first-order valence-corrected chi connectivity index (χ1v) is 10.1. The van der Waals surface area contributed by atoms with Gasteiger partial charge in [-0.3, -0.25) is 4.98 Å². The van der Waals surface area contributed by atoms with Crippen LogP contribution < -0.4 is 0 Å². The molecule has 1 atom stereocenters. The van der Waals surface area contributed by atoms with Crippen LogP contribution in [-0.4, -0.2) is 30.0 Å². The Morgan fingerprint density at radius 1 is 1.18 bits per heavy atom. The molecule has 5 heteroatoms. The summed E-state index contributed by atoms with van der Waals surface area (Å²) >= 11 is 0. The molecule has 1 saturated heterocycles. The number of nitrogens with zero attached hydrogens (tertiary/aromatic N) is 2. The highest BCUT2D eigenvalue weighted by Gasteiger charge is 2.49. The largest absolute Gasteiger partial charge is 0.265 e. The van der Waals surface area contributed by atoms with Crippen LogP contribution in [0.3, 0.4) is 0 Å². The standard InChI is InChI=1S/C17H24N2O2S/c20-22(21,13-17-7-3-14(12-17)4-8-17)19-11-1-2-16(19)15-5-9-18-10-6-15/h5-6,9-10,14,16H,1-4,7-8,11-13H2. The zero-order valence-corrected chi connectivity index (χ0v) is 13.8. The van der Waals surface area contributed by atoms with Crippen LogP contribution in [0.5, 0.6) is 0 Å². The summed E-state index contributed by atoms with van der Waals surface area (Å²) in [6.07, 6.45) is 11.3. The van der Waals surface area contributed by atoms with E-state index in [1.807, 2.05) is 12.1 Å². The number of sulfonamides is 1. The number of fused-ring (bicyclic) bond motifs is 2. The van der Waals surface area contributed by atoms with E-state index < -0.39 is 10.0 Å². The highest BCUT2D eigenvalue weighted by molar-refractivity contribution is 7.89. The molecular formula is C17H24N2O2S. The molecule has 0 N–H and O–H groups in total. The predicted molar refractivity (Wildman–Crippen MR) is 85.7 cm³/mol. The first-order chi connectivity index (χ1) is 10.6. The highest BCUT2D eigenvalue weighted by Crippen LogP contribution is 2.55. The Hall–Kier alpha value is -0.940. The fourth-order valence-corrected chi connectivity index (χ4v) is 7.34. The van der Waals surface area contributed by atoms with E-state index in [0.29, 0.717) is 12.3 Å². The van der Waals surface area contributed by atoms with Crippen LogP contribution in [0.4, 0.5) is 0 Å². The first kappa shape index (κ1) is 14.6. The lowest BCUT2D eigenvalue weighted by atomic mass is 9.87. The molecule has 3 aliphatic rings. The summed E-state index contributed by atoms with van der Waals surface area (Å²) < 4.78 is 27.9. The van der Waals surface area contributed by atoms with Gasteiger partial charge in [-0.15, -0.1) is 0 Å². The minimum atomic E-state index is -3.17. The molecule has 22 heavy (non-hydrogen) atoms. The molecule has 4 nitrogen and oxygen atoms in total. The van der Waals surface area contributed by atoms with Gasteiger partial charge in [0.2, 0.25) is 10.0 Å². The molecule has 2 heterocycles. The molecule has 4 rings (SSSR count). The Balaban J connectivity index is 1.57. The summed E-state index contributed by atoms with van der Waals surface area (Å²) in [6, 6.07) is 3.93. The maximum absolute atomic E-state index is 13.1. The molecule has 2 saturated carbocycles. The molecule has 1 aromatic heterocycles. The molecule has 0 radical (unpaired) electrons. The number of hydrogen-bond acceptors (Lipinski definition) is 3. The van der Waals surface area contributed by atoms with Gasteiger partial charge in [0.15, 0.2) is 0 Å². The van der Waals surface area contributed by atoms with Crippen molar-refractivity contribution in [1.82, 2.24) is 9.29 Å². The minimum absolute atomic E-state index is 0.0167. The molecule has 0 aromatic carbocycles. The minimum Gasteiger partial charge on any atom is -0.265 e. The second-order valence-electron chi connectivity index (χ2n) is 7.45. The van der Waals surface area contributed by atoms with Crippen LogP contribution in [0.2, 0.25) is 0 Å². The van der Waals surface area contributed by atoms with Crippen LogP contribution in [0.15, 0.2) is 24.5 Å². The predicted octanol–water partition coefficient (Wildman–Crippen LogP) is 3.13. The van der Waals surface area contributed by atoms with E-state index in [0.717, 1.165) is 43.6 Å². The van der Waals surface area contributed by atoms with E-state index >= 15 is 0 Å². The van der Waals surface area contributed by atoms with Gasteiger partial charge in [0.1, 0.15) is 0 Å².